The molecule has 0 fully saturated rings. The van der Waals surface area contributed by atoms with Crippen LogP contribution < -0.4 is 10.5 Å². The zero-order chi connectivity index (χ0) is 13.7. The monoisotopic (exact) mass is 264 g/mol. The average Bonchev–Trinajstić information content (AvgIpc) is 2.23. The van der Waals surface area contributed by atoms with Crippen molar-refractivity contribution in [3.8, 4) is 0 Å². The first kappa shape index (κ1) is 16.9. The van der Waals surface area contributed by atoms with E-state index in [4.69, 9.17) is 5.73 Å². The molecule has 0 spiro atoms. The lowest BCUT2D eigenvalue weighted by Gasteiger charge is -2.27. The van der Waals surface area contributed by atoms with Crippen LogP contribution in [0, 0.1) is 5.41 Å². The number of hydrogen-bond acceptors (Lipinski definition) is 3. The minimum absolute atomic E-state index is 0.0318. The summed E-state index contributed by atoms with van der Waals surface area (Å²) in [5, 5.41) is 0. The molecule has 0 heterocycles. The van der Waals surface area contributed by atoms with Gasteiger partial charge in [0.15, 0.2) is 0 Å². The Balaban J connectivity index is 4.28. The molecule has 0 radical (unpaired) electrons. The van der Waals surface area contributed by atoms with Crippen molar-refractivity contribution in [1.29, 1.82) is 0 Å². The first-order chi connectivity index (χ1) is 7.54. The van der Waals surface area contributed by atoms with Gasteiger partial charge in [-0.3, -0.25) is 0 Å². The molecule has 0 rings (SSSR count). The quantitative estimate of drug-likeness (QED) is 0.737. The Labute approximate surface area is 106 Å². The number of rotatable bonds is 7. The van der Waals surface area contributed by atoms with Crippen molar-refractivity contribution in [2.45, 2.75) is 59.4 Å². The summed E-state index contributed by atoms with van der Waals surface area (Å²) in [5.74, 6) is 0.167. The molecule has 0 bridgehead atoms. The molecule has 4 nitrogen and oxygen atoms in total. The standard InChI is InChI=1S/C12H28N2O2S/c1-6-12(13,7-2)10-14-17(15,16)9-8-11(3,4)5/h14H,6-10,13H2,1-5H3. The van der Waals surface area contributed by atoms with Gasteiger partial charge in [-0.15, -0.1) is 0 Å². The molecule has 0 aromatic heterocycles. The average molecular weight is 264 g/mol. The number of nitrogens with two attached hydrogens (primary N) is 1. The second-order valence-corrected chi connectivity index (χ2v) is 7.95. The highest BCUT2D eigenvalue weighted by molar-refractivity contribution is 7.89. The van der Waals surface area contributed by atoms with E-state index in [0.717, 1.165) is 12.8 Å². The largest absolute Gasteiger partial charge is 0.324 e. The summed E-state index contributed by atoms with van der Waals surface area (Å²) in [6.45, 7) is 10.4. The molecular formula is C12H28N2O2S. The minimum atomic E-state index is -3.20. The van der Waals surface area contributed by atoms with E-state index in [0.29, 0.717) is 13.0 Å². The third-order valence-corrected chi connectivity index (χ3v) is 4.50. The molecule has 0 amide bonds. The van der Waals surface area contributed by atoms with Crippen LogP contribution in [-0.2, 0) is 10.0 Å². The highest BCUT2D eigenvalue weighted by Crippen LogP contribution is 2.19. The van der Waals surface area contributed by atoms with Gasteiger partial charge < -0.3 is 5.73 Å². The van der Waals surface area contributed by atoms with Crippen LogP contribution in [0.25, 0.3) is 0 Å². The topological polar surface area (TPSA) is 72.2 Å². The fraction of sp³-hybridized carbons (Fsp3) is 1.00. The molecule has 0 aromatic carbocycles. The van der Waals surface area contributed by atoms with E-state index in [1.807, 2.05) is 34.6 Å². The zero-order valence-corrected chi connectivity index (χ0v) is 12.7. The second kappa shape index (κ2) is 6.16. The first-order valence-corrected chi connectivity index (χ1v) is 7.95. The second-order valence-electron chi connectivity index (χ2n) is 6.02. The molecule has 0 unspecified atom stereocenters. The van der Waals surface area contributed by atoms with Crippen LogP contribution in [0.5, 0.6) is 0 Å². The maximum absolute atomic E-state index is 11.8. The van der Waals surface area contributed by atoms with Crippen molar-refractivity contribution in [2.24, 2.45) is 11.1 Å². The summed E-state index contributed by atoms with van der Waals surface area (Å²) in [4.78, 5) is 0. The van der Waals surface area contributed by atoms with Crippen molar-refractivity contribution in [3.05, 3.63) is 0 Å². The fourth-order valence-electron chi connectivity index (χ4n) is 1.27. The van der Waals surface area contributed by atoms with Crippen LogP contribution in [0.1, 0.15) is 53.9 Å². The third-order valence-electron chi connectivity index (χ3n) is 3.17. The predicted octanol–water partition coefficient (Wildman–Crippen LogP) is 1.86. The van der Waals surface area contributed by atoms with Gasteiger partial charge in [0.1, 0.15) is 0 Å². The Morgan fingerprint density at radius 1 is 1.12 bits per heavy atom. The highest BCUT2D eigenvalue weighted by Gasteiger charge is 2.24. The SMILES string of the molecule is CCC(N)(CC)CNS(=O)(=O)CCC(C)(C)C. The van der Waals surface area contributed by atoms with E-state index in [9.17, 15) is 8.42 Å². The van der Waals surface area contributed by atoms with Gasteiger partial charge >= 0.3 is 0 Å². The number of hydrogen-bond donors (Lipinski definition) is 2. The molecule has 0 saturated heterocycles. The highest BCUT2D eigenvalue weighted by atomic mass is 32.2. The molecular weight excluding hydrogens is 236 g/mol. The summed E-state index contributed by atoms with van der Waals surface area (Å²) in [6.07, 6.45) is 2.19. The summed E-state index contributed by atoms with van der Waals surface area (Å²) < 4.78 is 26.2. The summed E-state index contributed by atoms with van der Waals surface area (Å²) in [5.41, 5.74) is 5.67. The van der Waals surface area contributed by atoms with Gasteiger partial charge in [0.2, 0.25) is 10.0 Å². The zero-order valence-electron chi connectivity index (χ0n) is 11.8. The van der Waals surface area contributed by atoms with Crippen molar-refractivity contribution in [3.63, 3.8) is 0 Å². The number of nitrogens with one attached hydrogen (secondary N) is 1. The Morgan fingerprint density at radius 2 is 1.59 bits per heavy atom. The van der Waals surface area contributed by atoms with E-state index < -0.39 is 15.6 Å². The van der Waals surface area contributed by atoms with Crippen molar-refractivity contribution < 1.29 is 8.42 Å². The Kier molecular flexibility index (Phi) is 6.11. The van der Waals surface area contributed by atoms with Crippen LogP contribution in [0.2, 0.25) is 0 Å². The van der Waals surface area contributed by atoms with E-state index in [1.54, 1.807) is 0 Å². The van der Waals surface area contributed by atoms with Crippen LogP contribution in [0.4, 0.5) is 0 Å². The summed E-state index contributed by atoms with van der Waals surface area (Å²) in [7, 11) is -3.20. The molecule has 0 atom stereocenters. The van der Waals surface area contributed by atoms with Gasteiger partial charge in [-0.1, -0.05) is 34.6 Å². The van der Waals surface area contributed by atoms with Gasteiger partial charge in [0, 0.05) is 12.1 Å². The lowest BCUT2D eigenvalue weighted by atomic mass is 9.94. The maximum Gasteiger partial charge on any atom is 0.211 e. The van der Waals surface area contributed by atoms with Crippen LogP contribution >= 0.6 is 0 Å². The molecule has 3 N–H and O–H groups in total. The molecule has 0 aliphatic carbocycles. The summed E-state index contributed by atoms with van der Waals surface area (Å²) in [6, 6.07) is 0. The van der Waals surface area contributed by atoms with Gasteiger partial charge in [-0.2, -0.15) is 0 Å². The van der Waals surface area contributed by atoms with Crippen LogP contribution in [-0.4, -0.2) is 26.3 Å². The Bertz CT molecular complexity index is 314. The molecule has 5 heteroatoms. The lowest BCUT2D eigenvalue weighted by Crippen LogP contribution is -2.49. The van der Waals surface area contributed by atoms with Crippen molar-refractivity contribution in [2.75, 3.05) is 12.3 Å². The van der Waals surface area contributed by atoms with Gasteiger partial charge in [0.05, 0.1) is 5.75 Å². The van der Waals surface area contributed by atoms with E-state index in [1.165, 1.54) is 0 Å². The first-order valence-electron chi connectivity index (χ1n) is 6.30. The van der Waals surface area contributed by atoms with E-state index in [-0.39, 0.29) is 11.2 Å². The van der Waals surface area contributed by atoms with E-state index in [2.05, 4.69) is 4.72 Å². The Morgan fingerprint density at radius 3 is 1.94 bits per heavy atom. The fourth-order valence-corrected chi connectivity index (χ4v) is 2.80. The molecule has 0 aliphatic heterocycles. The van der Waals surface area contributed by atoms with Crippen LogP contribution in [0.3, 0.4) is 0 Å². The van der Waals surface area contributed by atoms with Gasteiger partial charge in [-0.25, -0.2) is 13.1 Å². The third kappa shape index (κ3) is 7.73. The molecule has 17 heavy (non-hydrogen) atoms. The predicted molar refractivity (Wildman–Crippen MR) is 73.4 cm³/mol. The maximum atomic E-state index is 11.8. The van der Waals surface area contributed by atoms with E-state index >= 15 is 0 Å². The smallest absolute Gasteiger partial charge is 0.211 e. The summed E-state index contributed by atoms with van der Waals surface area (Å²) >= 11 is 0. The van der Waals surface area contributed by atoms with Gasteiger partial charge in [-0.05, 0) is 24.7 Å². The molecule has 104 valence electrons. The van der Waals surface area contributed by atoms with Crippen molar-refractivity contribution >= 4 is 10.0 Å². The van der Waals surface area contributed by atoms with Crippen molar-refractivity contribution in [1.82, 2.24) is 4.72 Å². The Hall–Kier alpha value is -0.130. The number of sulfonamides is 1. The van der Waals surface area contributed by atoms with Gasteiger partial charge in [0.25, 0.3) is 0 Å². The molecule has 0 aromatic rings. The molecule has 0 aliphatic rings. The molecule has 0 saturated carbocycles. The minimum Gasteiger partial charge on any atom is -0.324 e. The lowest BCUT2D eigenvalue weighted by molar-refractivity contribution is 0.384. The normalized spacial score (nSPS) is 14.0. The van der Waals surface area contributed by atoms with Crippen LogP contribution in [0.15, 0.2) is 0 Å².